The number of hydrogen-bond acceptors (Lipinski definition) is 3. The van der Waals surface area contributed by atoms with Crippen LogP contribution < -0.4 is 0 Å². The molecule has 2 nitrogen and oxygen atoms in total. The Morgan fingerprint density at radius 1 is 1.47 bits per heavy atom. The standard InChI is InChI=1S/C11H7BrN2S/c1-7-4-8(5-13)6-14-11(7)9-2-3-10(12)15-9/h2-4,6H,1H3. The first-order valence-corrected chi connectivity index (χ1v) is 5.94. The van der Waals surface area contributed by atoms with Gasteiger partial charge < -0.3 is 0 Å². The van der Waals surface area contributed by atoms with Crippen LogP contribution in [0.2, 0.25) is 0 Å². The number of aromatic nitrogens is 1. The normalized spacial score (nSPS) is 9.93. The number of pyridine rings is 1. The number of halogens is 1. The monoisotopic (exact) mass is 278 g/mol. The summed E-state index contributed by atoms with van der Waals surface area (Å²) in [6.45, 7) is 1.97. The van der Waals surface area contributed by atoms with Crippen molar-refractivity contribution in [3.63, 3.8) is 0 Å². The molecule has 0 unspecified atom stereocenters. The Kier molecular flexibility index (Phi) is 2.85. The fraction of sp³-hybridized carbons (Fsp3) is 0.0909. The van der Waals surface area contributed by atoms with Gasteiger partial charge in [0.05, 0.1) is 19.9 Å². The number of rotatable bonds is 1. The quantitative estimate of drug-likeness (QED) is 0.797. The summed E-state index contributed by atoms with van der Waals surface area (Å²) >= 11 is 5.06. The van der Waals surface area contributed by atoms with Crippen LogP contribution in [0.15, 0.2) is 28.2 Å². The first-order chi connectivity index (χ1) is 7.20. The SMILES string of the molecule is Cc1cc(C#N)cnc1-c1ccc(Br)s1. The Morgan fingerprint density at radius 3 is 2.80 bits per heavy atom. The van der Waals surface area contributed by atoms with Gasteiger partial charge >= 0.3 is 0 Å². The minimum absolute atomic E-state index is 0.604. The third-order valence-corrected chi connectivity index (χ3v) is 3.64. The second-order valence-corrected chi connectivity index (χ2v) is 5.57. The molecule has 0 saturated carbocycles. The maximum Gasteiger partial charge on any atom is 0.101 e. The molecule has 2 heterocycles. The summed E-state index contributed by atoms with van der Waals surface area (Å²) in [4.78, 5) is 5.41. The Bertz CT molecular complexity index is 540. The Balaban J connectivity index is 2.51. The van der Waals surface area contributed by atoms with E-state index in [-0.39, 0.29) is 0 Å². The molecule has 74 valence electrons. The number of thiophene rings is 1. The summed E-state index contributed by atoms with van der Waals surface area (Å²) in [5, 5.41) is 8.73. The number of nitrogens with zero attached hydrogens (tertiary/aromatic N) is 2. The van der Waals surface area contributed by atoms with Gasteiger partial charge in [-0.25, -0.2) is 0 Å². The molecule has 0 N–H and O–H groups in total. The van der Waals surface area contributed by atoms with Crippen LogP contribution in [0.3, 0.4) is 0 Å². The van der Waals surface area contributed by atoms with E-state index in [0.717, 1.165) is 19.9 Å². The maximum absolute atomic E-state index is 8.73. The highest BCUT2D eigenvalue weighted by Gasteiger charge is 2.06. The van der Waals surface area contributed by atoms with E-state index in [0.29, 0.717) is 5.56 Å². The predicted molar refractivity (Wildman–Crippen MR) is 64.7 cm³/mol. The van der Waals surface area contributed by atoms with Crippen molar-refractivity contribution in [1.82, 2.24) is 4.98 Å². The summed E-state index contributed by atoms with van der Waals surface area (Å²) < 4.78 is 1.09. The van der Waals surface area contributed by atoms with Crippen molar-refractivity contribution < 1.29 is 0 Å². The Morgan fingerprint density at radius 2 is 2.27 bits per heavy atom. The van der Waals surface area contributed by atoms with Crippen molar-refractivity contribution >= 4 is 27.3 Å². The van der Waals surface area contributed by atoms with Crippen LogP contribution in [0.25, 0.3) is 10.6 Å². The summed E-state index contributed by atoms with van der Waals surface area (Å²) in [6, 6.07) is 7.96. The van der Waals surface area contributed by atoms with Gasteiger partial charge in [0.1, 0.15) is 6.07 Å². The minimum Gasteiger partial charge on any atom is -0.254 e. The zero-order chi connectivity index (χ0) is 10.8. The van der Waals surface area contributed by atoms with Crippen LogP contribution >= 0.6 is 27.3 Å². The number of nitriles is 1. The second-order valence-electron chi connectivity index (χ2n) is 3.11. The van der Waals surface area contributed by atoms with Crippen LogP contribution in [0.4, 0.5) is 0 Å². The van der Waals surface area contributed by atoms with Gasteiger partial charge in [-0.2, -0.15) is 5.26 Å². The van der Waals surface area contributed by atoms with Gasteiger partial charge in [-0.1, -0.05) is 0 Å². The molecule has 15 heavy (non-hydrogen) atoms. The highest BCUT2D eigenvalue weighted by Crippen LogP contribution is 2.31. The van der Waals surface area contributed by atoms with Gasteiger partial charge in [0.2, 0.25) is 0 Å². The molecule has 2 aromatic heterocycles. The van der Waals surface area contributed by atoms with E-state index in [9.17, 15) is 0 Å². The van der Waals surface area contributed by atoms with E-state index in [1.165, 1.54) is 0 Å². The molecule has 0 atom stereocenters. The molecule has 4 heteroatoms. The molecule has 0 radical (unpaired) electrons. The lowest BCUT2D eigenvalue weighted by Gasteiger charge is -2.01. The lowest BCUT2D eigenvalue weighted by molar-refractivity contribution is 1.26. The maximum atomic E-state index is 8.73. The average Bonchev–Trinajstić information content (AvgIpc) is 2.64. The number of hydrogen-bond donors (Lipinski definition) is 0. The molecule has 2 aromatic rings. The molecular formula is C11H7BrN2S. The summed E-state index contributed by atoms with van der Waals surface area (Å²) in [5.74, 6) is 0. The average molecular weight is 279 g/mol. The van der Waals surface area contributed by atoms with Crippen LogP contribution in [0.1, 0.15) is 11.1 Å². The smallest absolute Gasteiger partial charge is 0.101 e. The minimum atomic E-state index is 0.604. The zero-order valence-corrected chi connectivity index (χ0v) is 10.4. The van der Waals surface area contributed by atoms with Crippen molar-refractivity contribution in [2.24, 2.45) is 0 Å². The third-order valence-electron chi connectivity index (χ3n) is 2.01. The molecule has 0 bridgehead atoms. The molecular weight excluding hydrogens is 272 g/mol. The fourth-order valence-corrected chi connectivity index (χ4v) is 2.78. The van der Waals surface area contributed by atoms with E-state index in [4.69, 9.17) is 5.26 Å². The molecule has 0 saturated heterocycles. The lowest BCUT2D eigenvalue weighted by atomic mass is 10.1. The molecule has 0 fully saturated rings. The molecule has 0 spiro atoms. The highest BCUT2D eigenvalue weighted by atomic mass is 79.9. The zero-order valence-electron chi connectivity index (χ0n) is 7.99. The summed E-state index contributed by atoms with van der Waals surface area (Å²) in [7, 11) is 0. The van der Waals surface area contributed by atoms with E-state index in [1.807, 2.05) is 25.1 Å². The van der Waals surface area contributed by atoms with E-state index in [2.05, 4.69) is 27.0 Å². The topological polar surface area (TPSA) is 36.7 Å². The van der Waals surface area contributed by atoms with Crippen molar-refractivity contribution in [2.45, 2.75) is 6.92 Å². The second kappa shape index (κ2) is 4.13. The van der Waals surface area contributed by atoms with Crippen LogP contribution in [0.5, 0.6) is 0 Å². The van der Waals surface area contributed by atoms with Gasteiger partial charge in [0.15, 0.2) is 0 Å². The lowest BCUT2D eigenvalue weighted by Crippen LogP contribution is -1.87. The molecule has 0 aliphatic carbocycles. The molecule has 2 rings (SSSR count). The van der Waals surface area contributed by atoms with Gasteiger partial charge in [0.25, 0.3) is 0 Å². The van der Waals surface area contributed by atoms with Crippen LogP contribution in [-0.4, -0.2) is 4.98 Å². The number of aryl methyl sites for hydroxylation is 1. The van der Waals surface area contributed by atoms with Crippen molar-refractivity contribution in [1.29, 1.82) is 5.26 Å². The highest BCUT2D eigenvalue weighted by molar-refractivity contribution is 9.11. The summed E-state index contributed by atoms with van der Waals surface area (Å²) in [5.41, 5.74) is 2.58. The van der Waals surface area contributed by atoms with Crippen molar-refractivity contribution in [3.8, 4) is 16.6 Å². The van der Waals surface area contributed by atoms with Crippen molar-refractivity contribution in [2.75, 3.05) is 0 Å². The van der Waals surface area contributed by atoms with E-state index < -0.39 is 0 Å². The van der Waals surface area contributed by atoms with Gasteiger partial charge in [0, 0.05) is 6.20 Å². The van der Waals surface area contributed by atoms with E-state index >= 15 is 0 Å². The van der Waals surface area contributed by atoms with E-state index in [1.54, 1.807) is 17.5 Å². The first kappa shape index (κ1) is 10.3. The molecule has 0 amide bonds. The largest absolute Gasteiger partial charge is 0.254 e. The summed E-state index contributed by atoms with van der Waals surface area (Å²) in [6.07, 6.45) is 1.61. The van der Waals surface area contributed by atoms with Gasteiger partial charge in [-0.3, -0.25) is 4.98 Å². The predicted octanol–water partition coefficient (Wildman–Crippen LogP) is 3.75. The van der Waals surface area contributed by atoms with Crippen molar-refractivity contribution in [3.05, 3.63) is 39.3 Å². The molecule has 0 aliphatic rings. The van der Waals surface area contributed by atoms with Crippen LogP contribution in [-0.2, 0) is 0 Å². The molecule has 0 aliphatic heterocycles. The Hall–Kier alpha value is -1.18. The Labute approximate surface area is 100 Å². The van der Waals surface area contributed by atoms with Gasteiger partial charge in [-0.15, -0.1) is 11.3 Å². The molecule has 0 aromatic carbocycles. The van der Waals surface area contributed by atoms with Crippen LogP contribution in [0, 0.1) is 18.3 Å². The van der Waals surface area contributed by atoms with Gasteiger partial charge in [-0.05, 0) is 46.6 Å². The fourth-order valence-electron chi connectivity index (χ4n) is 1.34. The first-order valence-electron chi connectivity index (χ1n) is 4.33. The third kappa shape index (κ3) is 2.09.